The van der Waals surface area contributed by atoms with Crippen LogP contribution in [0.1, 0.15) is 32.6 Å². The van der Waals surface area contributed by atoms with Gasteiger partial charge < -0.3 is 15.4 Å². The molecule has 2 N–H and O–H groups in total. The Kier molecular flexibility index (Phi) is 3.65. The number of nitrogens with two attached hydrogens (primary N) is 1. The van der Waals surface area contributed by atoms with Gasteiger partial charge in [-0.2, -0.15) is 0 Å². The first-order valence-corrected chi connectivity index (χ1v) is 6.26. The van der Waals surface area contributed by atoms with Crippen LogP contribution < -0.4 is 5.73 Å². The van der Waals surface area contributed by atoms with Crippen LogP contribution in [-0.2, 0) is 4.74 Å². The van der Waals surface area contributed by atoms with Crippen molar-refractivity contribution >= 4 is 0 Å². The Bertz CT molecular complexity index is 206. The Morgan fingerprint density at radius 2 is 1.93 bits per heavy atom. The van der Waals surface area contributed by atoms with E-state index in [1.165, 1.54) is 19.3 Å². The van der Waals surface area contributed by atoms with E-state index in [0.717, 1.165) is 24.9 Å². The quantitative estimate of drug-likeness (QED) is 0.745. The van der Waals surface area contributed by atoms with Crippen LogP contribution in [0.5, 0.6) is 0 Å². The highest BCUT2D eigenvalue weighted by Gasteiger charge is 2.32. The molecule has 1 saturated heterocycles. The van der Waals surface area contributed by atoms with Crippen molar-refractivity contribution in [1.82, 2.24) is 4.90 Å². The summed E-state index contributed by atoms with van der Waals surface area (Å²) in [7, 11) is 2.22. The predicted octanol–water partition coefficient (Wildman–Crippen LogP) is 1.22. The molecule has 3 unspecified atom stereocenters. The molecule has 1 heterocycles. The van der Waals surface area contributed by atoms with Crippen LogP contribution in [0.15, 0.2) is 0 Å². The average Bonchev–Trinajstić information content (AvgIpc) is 2.98. The SMILES string of the molecule is CC(C1CC1)N(C)CC1CCC(CN)O1. The minimum atomic E-state index is 0.319. The second kappa shape index (κ2) is 4.81. The lowest BCUT2D eigenvalue weighted by molar-refractivity contribution is 0.0237. The summed E-state index contributed by atoms with van der Waals surface area (Å²) in [5.41, 5.74) is 5.61. The number of nitrogens with zero attached hydrogens (tertiary/aromatic N) is 1. The summed E-state index contributed by atoms with van der Waals surface area (Å²) >= 11 is 0. The summed E-state index contributed by atoms with van der Waals surface area (Å²) in [6.45, 7) is 4.10. The number of hydrogen-bond acceptors (Lipinski definition) is 3. The molecule has 88 valence electrons. The molecule has 0 spiro atoms. The molecule has 0 amide bonds. The smallest absolute Gasteiger partial charge is 0.0707 e. The maximum atomic E-state index is 5.86. The summed E-state index contributed by atoms with van der Waals surface area (Å²) in [5, 5.41) is 0. The molecule has 1 saturated carbocycles. The molecule has 1 aliphatic carbocycles. The van der Waals surface area contributed by atoms with Gasteiger partial charge in [-0.05, 0) is 45.6 Å². The van der Waals surface area contributed by atoms with Crippen molar-refractivity contribution in [2.45, 2.75) is 50.9 Å². The Morgan fingerprint density at radius 1 is 1.27 bits per heavy atom. The van der Waals surface area contributed by atoms with Crippen LogP contribution in [0, 0.1) is 5.92 Å². The Balaban J connectivity index is 1.71. The minimum absolute atomic E-state index is 0.319. The summed E-state index contributed by atoms with van der Waals surface area (Å²) in [6, 6.07) is 0.727. The third-order valence-corrected chi connectivity index (χ3v) is 3.95. The van der Waals surface area contributed by atoms with E-state index in [1.54, 1.807) is 0 Å². The van der Waals surface area contributed by atoms with Gasteiger partial charge in [0.15, 0.2) is 0 Å². The van der Waals surface area contributed by atoms with E-state index in [9.17, 15) is 0 Å². The molecular weight excluding hydrogens is 188 g/mol. The largest absolute Gasteiger partial charge is 0.372 e. The van der Waals surface area contributed by atoms with Crippen LogP contribution >= 0.6 is 0 Å². The van der Waals surface area contributed by atoms with Gasteiger partial charge in [0.2, 0.25) is 0 Å². The van der Waals surface area contributed by atoms with E-state index in [4.69, 9.17) is 10.5 Å². The Labute approximate surface area is 93.0 Å². The molecule has 0 bridgehead atoms. The van der Waals surface area contributed by atoms with E-state index >= 15 is 0 Å². The standard InChI is InChI=1S/C12H24N2O/c1-9(10-3-4-10)14(2)8-12-6-5-11(7-13)15-12/h9-12H,3-8,13H2,1-2H3. The zero-order chi connectivity index (χ0) is 10.8. The van der Waals surface area contributed by atoms with Gasteiger partial charge in [0, 0.05) is 19.1 Å². The average molecular weight is 212 g/mol. The molecular formula is C12H24N2O. The van der Waals surface area contributed by atoms with Crippen LogP contribution in [0.4, 0.5) is 0 Å². The molecule has 0 aromatic carbocycles. The van der Waals surface area contributed by atoms with Crippen LogP contribution in [-0.4, -0.2) is 43.3 Å². The summed E-state index contributed by atoms with van der Waals surface area (Å²) in [4.78, 5) is 2.46. The lowest BCUT2D eigenvalue weighted by Crippen LogP contribution is -2.37. The maximum Gasteiger partial charge on any atom is 0.0707 e. The summed E-state index contributed by atoms with van der Waals surface area (Å²) in [6.07, 6.45) is 5.91. The van der Waals surface area contributed by atoms with Crippen LogP contribution in [0.2, 0.25) is 0 Å². The zero-order valence-corrected chi connectivity index (χ0v) is 9.98. The minimum Gasteiger partial charge on any atom is -0.372 e. The highest BCUT2D eigenvalue weighted by Crippen LogP contribution is 2.35. The van der Waals surface area contributed by atoms with Crippen molar-refractivity contribution in [3.05, 3.63) is 0 Å². The Morgan fingerprint density at radius 3 is 2.47 bits per heavy atom. The van der Waals surface area contributed by atoms with E-state index in [1.807, 2.05) is 0 Å². The maximum absolute atomic E-state index is 5.86. The van der Waals surface area contributed by atoms with Crippen molar-refractivity contribution in [2.24, 2.45) is 11.7 Å². The normalized spacial score (nSPS) is 33.6. The first kappa shape index (κ1) is 11.4. The van der Waals surface area contributed by atoms with Gasteiger partial charge in [-0.25, -0.2) is 0 Å². The fourth-order valence-corrected chi connectivity index (χ4v) is 2.51. The van der Waals surface area contributed by atoms with E-state index in [-0.39, 0.29) is 0 Å². The monoisotopic (exact) mass is 212 g/mol. The summed E-state index contributed by atoms with van der Waals surface area (Å²) < 4.78 is 5.86. The van der Waals surface area contributed by atoms with E-state index < -0.39 is 0 Å². The van der Waals surface area contributed by atoms with Crippen molar-refractivity contribution in [2.75, 3.05) is 20.1 Å². The topological polar surface area (TPSA) is 38.5 Å². The van der Waals surface area contributed by atoms with Gasteiger partial charge in [0.1, 0.15) is 0 Å². The lowest BCUT2D eigenvalue weighted by Gasteiger charge is -2.27. The van der Waals surface area contributed by atoms with Crippen molar-refractivity contribution < 1.29 is 4.74 Å². The molecule has 2 aliphatic rings. The molecule has 3 nitrogen and oxygen atoms in total. The molecule has 2 rings (SSSR count). The molecule has 0 radical (unpaired) electrons. The molecule has 1 aliphatic heterocycles. The zero-order valence-electron chi connectivity index (χ0n) is 9.98. The predicted molar refractivity (Wildman–Crippen MR) is 61.8 cm³/mol. The number of ether oxygens (including phenoxy) is 1. The Hall–Kier alpha value is -0.120. The van der Waals surface area contributed by atoms with Gasteiger partial charge in [0.05, 0.1) is 12.2 Å². The third-order valence-electron chi connectivity index (χ3n) is 3.95. The third kappa shape index (κ3) is 2.92. The first-order valence-electron chi connectivity index (χ1n) is 6.26. The molecule has 0 aromatic rings. The number of likely N-dealkylation sites (N-methyl/N-ethyl adjacent to an activating group) is 1. The second-order valence-corrected chi connectivity index (χ2v) is 5.21. The number of hydrogen-bond donors (Lipinski definition) is 1. The van der Waals surface area contributed by atoms with Crippen molar-refractivity contribution in [3.63, 3.8) is 0 Å². The van der Waals surface area contributed by atoms with Gasteiger partial charge in [0.25, 0.3) is 0 Å². The molecule has 15 heavy (non-hydrogen) atoms. The fraction of sp³-hybridized carbons (Fsp3) is 1.00. The van der Waals surface area contributed by atoms with Gasteiger partial charge in [-0.1, -0.05) is 0 Å². The van der Waals surface area contributed by atoms with E-state index in [0.29, 0.717) is 18.8 Å². The summed E-state index contributed by atoms with van der Waals surface area (Å²) in [5.74, 6) is 0.946. The van der Waals surface area contributed by atoms with Gasteiger partial charge in [-0.3, -0.25) is 0 Å². The molecule has 0 aromatic heterocycles. The molecule has 3 heteroatoms. The van der Waals surface area contributed by atoms with Crippen molar-refractivity contribution in [3.8, 4) is 0 Å². The van der Waals surface area contributed by atoms with Crippen LogP contribution in [0.25, 0.3) is 0 Å². The highest BCUT2D eigenvalue weighted by atomic mass is 16.5. The van der Waals surface area contributed by atoms with E-state index in [2.05, 4.69) is 18.9 Å². The first-order chi connectivity index (χ1) is 7.20. The molecule has 3 atom stereocenters. The highest BCUT2D eigenvalue weighted by molar-refractivity contribution is 4.86. The second-order valence-electron chi connectivity index (χ2n) is 5.21. The molecule has 2 fully saturated rings. The van der Waals surface area contributed by atoms with Gasteiger partial charge in [-0.15, -0.1) is 0 Å². The lowest BCUT2D eigenvalue weighted by atomic mass is 10.1. The number of rotatable bonds is 5. The fourth-order valence-electron chi connectivity index (χ4n) is 2.51. The van der Waals surface area contributed by atoms with Crippen LogP contribution in [0.3, 0.4) is 0 Å². The van der Waals surface area contributed by atoms with Crippen molar-refractivity contribution in [1.29, 1.82) is 0 Å². The van der Waals surface area contributed by atoms with Gasteiger partial charge >= 0.3 is 0 Å².